The molecule has 2 heteroatoms. The maximum atomic E-state index is 5.74. The van der Waals surface area contributed by atoms with Crippen LogP contribution in [-0.4, -0.2) is 11.6 Å². The van der Waals surface area contributed by atoms with Crippen molar-refractivity contribution in [3.63, 3.8) is 0 Å². The van der Waals surface area contributed by atoms with Crippen LogP contribution in [0, 0.1) is 0 Å². The summed E-state index contributed by atoms with van der Waals surface area (Å²) in [5.41, 5.74) is 3.58. The van der Waals surface area contributed by atoms with Crippen LogP contribution in [0.25, 0.3) is 11.3 Å². The van der Waals surface area contributed by atoms with Crippen molar-refractivity contribution in [3.8, 4) is 17.0 Å². The summed E-state index contributed by atoms with van der Waals surface area (Å²) in [4.78, 5) is 4.53. The van der Waals surface area contributed by atoms with Crippen molar-refractivity contribution in [1.29, 1.82) is 0 Å². The number of aryl methyl sites for hydroxylation is 1. The van der Waals surface area contributed by atoms with Crippen molar-refractivity contribution in [2.24, 2.45) is 0 Å². The third-order valence-electron chi connectivity index (χ3n) is 4.07. The van der Waals surface area contributed by atoms with E-state index >= 15 is 0 Å². The molecular weight excluding hydrogens is 282 g/mol. The Morgan fingerprint density at radius 1 is 0.826 bits per heavy atom. The molecule has 0 aliphatic heterocycles. The Labute approximate surface area is 140 Å². The fraction of sp³-hybridized carbons (Fsp3) is 0.476. The van der Waals surface area contributed by atoms with Crippen LogP contribution >= 0.6 is 0 Å². The molecule has 0 unspecified atom stereocenters. The zero-order chi connectivity index (χ0) is 16.3. The summed E-state index contributed by atoms with van der Waals surface area (Å²) in [7, 11) is 0. The largest absolute Gasteiger partial charge is 0.492 e. The molecule has 23 heavy (non-hydrogen) atoms. The molecule has 0 N–H and O–H groups in total. The lowest BCUT2D eigenvalue weighted by molar-refractivity contribution is 0.304. The zero-order valence-corrected chi connectivity index (χ0v) is 14.6. The molecular formula is C21H29NO. The first-order valence-corrected chi connectivity index (χ1v) is 9.01. The third-order valence-corrected chi connectivity index (χ3v) is 4.07. The van der Waals surface area contributed by atoms with Gasteiger partial charge in [0.1, 0.15) is 5.75 Å². The van der Waals surface area contributed by atoms with Crippen LogP contribution in [0.5, 0.6) is 5.75 Å². The minimum atomic E-state index is 0.785. The Bertz CT molecular complexity index is 545. The van der Waals surface area contributed by atoms with Crippen molar-refractivity contribution in [3.05, 3.63) is 48.2 Å². The summed E-state index contributed by atoms with van der Waals surface area (Å²) in [5, 5.41) is 0. The molecule has 0 amide bonds. The van der Waals surface area contributed by atoms with Gasteiger partial charge in [-0.2, -0.15) is 0 Å². The van der Waals surface area contributed by atoms with Crippen LogP contribution in [-0.2, 0) is 6.42 Å². The molecule has 0 bridgehead atoms. The second-order valence-corrected chi connectivity index (χ2v) is 6.09. The van der Waals surface area contributed by atoms with E-state index in [0.29, 0.717) is 0 Å². The molecule has 2 nitrogen and oxygen atoms in total. The van der Waals surface area contributed by atoms with Crippen LogP contribution in [0.4, 0.5) is 0 Å². The summed E-state index contributed by atoms with van der Waals surface area (Å²) in [6.07, 6.45) is 10.4. The summed E-state index contributed by atoms with van der Waals surface area (Å²) in [6, 6.07) is 12.8. The number of hydrogen-bond acceptors (Lipinski definition) is 2. The van der Waals surface area contributed by atoms with Gasteiger partial charge in [0, 0.05) is 5.56 Å². The molecule has 0 radical (unpaired) electrons. The molecule has 0 saturated heterocycles. The van der Waals surface area contributed by atoms with Gasteiger partial charge < -0.3 is 4.74 Å². The molecule has 0 spiro atoms. The van der Waals surface area contributed by atoms with Gasteiger partial charge in [-0.15, -0.1) is 0 Å². The van der Waals surface area contributed by atoms with Crippen molar-refractivity contribution < 1.29 is 4.74 Å². The summed E-state index contributed by atoms with van der Waals surface area (Å²) in [6.45, 7) is 5.23. The minimum absolute atomic E-state index is 0.785. The van der Waals surface area contributed by atoms with Gasteiger partial charge >= 0.3 is 0 Å². The van der Waals surface area contributed by atoms with E-state index in [-0.39, 0.29) is 0 Å². The van der Waals surface area contributed by atoms with Gasteiger partial charge in [0.05, 0.1) is 18.5 Å². The number of rotatable bonds is 10. The molecule has 0 aliphatic rings. The van der Waals surface area contributed by atoms with E-state index in [0.717, 1.165) is 30.9 Å². The lowest BCUT2D eigenvalue weighted by Crippen LogP contribution is -1.97. The average molecular weight is 311 g/mol. The van der Waals surface area contributed by atoms with Gasteiger partial charge in [0.2, 0.25) is 0 Å². The van der Waals surface area contributed by atoms with Crippen molar-refractivity contribution in [2.75, 3.05) is 6.61 Å². The maximum absolute atomic E-state index is 5.74. The molecule has 0 atom stereocenters. The molecule has 2 rings (SSSR count). The molecule has 2 aromatic rings. The highest BCUT2D eigenvalue weighted by Gasteiger charge is 2.01. The van der Waals surface area contributed by atoms with Crippen molar-refractivity contribution in [1.82, 2.24) is 4.98 Å². The summed E-state index contributed by atoms with van der Waals surface area (Å²) in [5.74, 6) is 0.866. The van der Waals surface area contributed by atoms with Crippen LogP contribution < -0.4 is 4.74 Å². The number of aromatic nitrogens is 1. The summed E-state index contributed by atoms with van der Waals surface area (Å²) >= 11 is 0. The van der Waals surface area contributed by atoms with E-state index < -0.39 is 0 Å². The van der Waals surface area contributed by atoms with E-state index in [4.69, 9.17) is 4.74 Å². The van der Waals surface area contributed by atoms with Crippen LogP contribution in [0.2, 0.25) is 0 Å². The third kappa shape index (κ3) is 6.05. The standard InChI is InChI=1S/C21H29NO/c1-3-5-7-8-16-23-20-14-15-21(22-17-20)19-12-10-18(11-13-19)9-6-4-2/h10-15,17H,3-9,16H2,1-2H3. The van der Waals surface area contributed by atoms with E-state index in [9.17, 15) is 0 Å². The van der Waals surface area contributed by atoms with Crippen LogP contribution in [0.1, 0.15) is 57.9 Å². The van der Waals surface area contributed by atoms with Gasteiger partial charge in [-0.05, 0) is 37.0 Å². The topological polar surface area (TPSA) is 22.1 Å². The molecule has 0 fully saturated rings. The van der Waals surface area contributed by atoms with Crippen LogP contribution in [0.3, 0.4) is 0 Å². The Hall–Kier alpha value is -1.83. The number of benzene rings is 1. The summed E-state index contributed by atoms with van der Waals surface area (Å²) < 4.78 is 5.74. The number of nitrogens with zero attached hydrogens (tertiary/aromatic N) is 1. The average Bonchev–Trinajstić information content (AvgIpc) is 2.61. The van der Waals surface area contributed by atoms with Crippen LogP contribution in [0.15, 0.2) is 42.6 Å². The van der Waals surface area contributed by atoms with Gasteiger partial charge in [0.15, 0.2) is 0 Å². The number of pyridine rings is 1. The van der Waals surface area contributed by atoms with E-state index in [2.05, 4.69) is 43.1 Å². The van der Waals surface area contributed by atoms with E-state index in [1.807, 2.05) is 18.3 Å². The lowest BCUT2D eigenvalue weighted by atomic mass is 10.0. The fourth-order valence-electron chi connectivity index (χ4n) is 2.58. The van der Waals surface area contributed by atoms with Crippen molar-refractivity contribution >= 4 is 0 Å². The Balaban J connectivity index is 1.86. The maximum Gasteiger partial charge on any atom is 0.137 e. The number of ether oxygens (including phenoxy) is 1. The smallest absolute Gasteiger partial charge is 0.137 e. The first kappa shape index (κ1) is 17.5. The quantitative estimate of drug-likeness (QED) is 0.498. The highest BCUT2D eigenvalue weighted by atomic mass is 16.5. The van der Waals surface area contributed by atoms with Crippen molar-refractivity contribution in [2.45, 2.75) is 58.8 Å². The zero-order valence-electron chi connectivity index (χ0n) is 14.6. The highest BCUT2D eigenvalue weighted by Crippen LogP contribution is 2.20. The normalized spacial score (nSPS) is 10.7. The minimum Gasteiger partial charge on any atom is -0.492 e. The molecule has 0 saturated carbocycles. The second-order valence-electron chi connectivity index (χ2n) is 6.09. The highest BCUT2D eigenvalue weighted by molar-refractivity contribution is 5.59. The molecule has 124 valence electrons. The fourth-order valence-corrected chi connectivity index (χ4v) is 2.58. The number of unbranched alkanes of at least 4 members (excludes halogenated alkanes) is 4. The molecule has 0 aliphatic carbocycles. The Morgan fingerprint density at radius 3 is 2.26 bits per heavy atom. The molecule has 1 heterocycles. The van der Waals surface area contributed by atoms with Gasteiger partial charge in [-0.25, -0.2) is 0 Å². The van der Waals surface area contributed by atoms with Gasteiger partial charge in [-0.1, -0.05) is 63.8 Å². The lowest BCUT2D eigenvalue weighted by Gasteiger charge is -2.07. The molecule has 1 aromatic carbocycles. The van der Waals surface area contributed by atoms with Gasteiger partial charge in [0.25, 0.3) is 0 Å². The predicted molar refractivity (Wildman–Crippen MR) is 97.9 cm³/mol. The van der Waals surface area contributed by atoms with Gasteiger partial charge in [-0.3, -0.25) is 4.98 Å². The SMILES string of the molecule is CCCCCCOc1ccc(-c2ccc(CCCC)cc2)nc1. The Kier molecular flexibility index (Phi) is 7.65. The first-order valence-electron chi connectivity index (χ1n) is 9.01. The Morgan fingerprint density at radius 2 is 1.61 bits per heavy atom. The predicted octanol–water partition coefficient (Wildman–Crippen LogP) is 6.05. The van der Waals surface area contributed by atoms with E-state index in [1.54, 1.807) is 0 Å². The number of hydrogen-bond donors (Lipinski definition) is 0. The monoisotopic (exact) mass is 311 g/mol. The molecule has 1 aromatic heterocycles. The first-order chi connectivity index (χ1) is 11.3. The second kappa shape index (κ2) is 10.0. The van der Waals surface area contributed by atoms with E-state index in [1.165, 1.54) is 43.2 Å².